The molecule has 156 valence electrons. The number of piperidine rings is 1. The van der Waals surface area contributed by atoms with E-state index in [1.165, 1.54) is 53.5 Å². The van der Waals surface area contributed by atoms with Gasteiger partial charge in [-0.3, -0.25) is 9.52 Å². The number of carbonyl (C=O) groups is 2. The van der Waals surface area contributed by atoms with Crippen molar-refractivity contribution in [1.29, 1.82) is 0 Å². The number of hydrogen-bond donors (Lipinski definition) is 2. The van der Waals surface area contributed by atoms with E-state index in [-0.39, 0.29) is 11.9 Å². The van der Waals surface area contributed by atoms with Gasteiger partial charge in [-0.2, -0.15) is 0 Å². The molecule has 0 atom stereocenters. The van der Waals surface area contributed by atoms with Crippen molar-refractivity contribution in [2.24, 2.45) is 5.92 Å². The third kappa shape index (κ3) is 3.88. The highest BCUT2D eigenvalue weighted by Gasteiger charge is 2.32. The number of rotatable bonds is 4. The first-order valence-corrected chi connectivity index (χ1v) is 12.2. The Bertz CT molecular complexity index is 781. The van der Waals surface area contributed by atoms with Crippen LogP contribution in [0.5, 0.6) is 0 Å². The highest BCUT2D eigenvalue weighted by atomic mass is 32.2. The molecule has 1 saturated carbocycles. The predicted molar refractivity (Wildman–Crippen MR) is 117 cm³/mol. The fraction of sp³-hybridized carbons (Fsp3) is 0.652. The molecular formula is C23H31N3O2S. The van der Waals surface area contributed by atoms with Crippen molar-refractivity contribution in [3.8, 4) is 0 Å². The summed E-state index contributed by atoms with van der Waals surface area (Å²) in [7, 11) is 0. The second-order valence-corrected chi connectivity index (χ2v) is 10.2. The van der Waals surface area contributed by atoms with Crippen LogP contribution in [0.4, 0.5) is 10.5 Å². The van der Waals surface area contributed by atoms with Crippen LogP contribution < -0.4 is 10.0 Å². The SMILES string of the molecule is O=C(NSC1CCN(C(=O)C2CCC2)CC1)Nc1c2c(cc3c1CCC3)CCC2. The van der Waals surface area contributed by atoms with Gasteiger partial charge >= 0.3 is 6.03 Å². The minimum absolute atomic E-state index is 0.0997. The van der Waals surface area contributed by atoms with Gasteiger partial charge in [-0.1, -0.05) is 12.5 Å². The van der Waals surface area contributed by atoms with Crippen molar-refractivity contribution in [2.75, 3.05) is 18.4 Å². The van der Waals surface area contributed by atoms with Gasteiger partial charge in [0, 0.05) is 29.9 Å². The third-order valence-corrected chi connectivity index (χ3v) is 8.35. The molecule has 0 unspecified atom stereocenters. The van der Waals surface area contributed by atoms with Crippen molar-refractivity contribution >= 4 is 29.6 Å². The molecule has 1 aromatic carbocycles. The van der Waals surface area contributed by atoms with Gasteiger partial charge in [0.1, 0.15) is 0 Å². The Hall–Kier alpha value is -1.69. The predicted octanol–water partition coefficient (Wildman–Crippen LogP) is 4.22. The summed E-state index contributed by atoms with van der Waals surface area (Å²) in [6.45, 7) is 1.66. The van der Waals surface area contributed by atoms with E-state index >= 15 is 0 Å². The minimum atomic E-state index is -0.0997. The number of likely N-dealkylation sites (tertiary alicyclic amines) is 1. The van der Waals surface area contributed by atoms with Crippen LogP contribution in [0.2, 0.25) is 0 Å². The second kappa shape index (κ2) is 8.21. The van der Waals surface area contributed by atoms with Gasteiger partial charge < -0.3 is 10.2 Å². The number of amides is 3. The molecule has 0 aromatic heterocycles. The molecule has 0 bridgehead atoms. The zero-order valence-corrected chi connectivity index (χ0v) is 17.9. The van der Waals surface area contributed by atoms with E-state index in [1.54, 1.807) is 0 Å². The Morgan fingerprint density at radius 3 is 2.14 bits per heavy atom. The fourth-order valence-electron chi connectivity index (χ4n) is 5.35. The van der Waals surface area contributed by atoms with E-state index < -0.39 is 0 Å². The standard InChI is InChI=1S/C23H31N3O2S/c27-22(15-4-1-5-15)26-12-10-18(11-13-26)29-25-23(28)24-21-19-8-2-6-16(19)14-17-7-3-9-20(17)21/h14-15,18H,1-13H2,(H2,24,25,28). The Balaban J connectivity index is 1.14. The van der Waals surface area contributed by atoms with Crippen LogP contribution in [0.15, 0.2) is 6.07 Å². The quantitative estimate of drug-likeness (QED) is 0.727. The van der Waals surface area contributed by atoms with E-state index in [4.69, 9.17) is 0 Å². The highest BCUT2D eigenvalue weighted by molar-refractivity contribution is 7.98. The number of urea groups is 1. The third-order valence-electron chi connectivity index (χ3n) is 7.24. The molecule has 0 radical (unpaired) electrons. The molecule has 1 saturated heterocycles. The van der Waals surface area contributed by atoms with Gasteiger partial charge in [0.05, 0.1) is 0 Å². The maximum Gasteiger partial charge on any atom is 0.329 e. The van der Waals surface area contributed by atoms with E-state index in [9.17, 15) is 9.59 Å². The van der Waals surface area contributed by atoms with Crippen LogP contribution in [-0.4, -0.2) is 35.2 Å². The number of fused-ring (bicyclic) bond motifs is 2. The summed E-state index contributed by atoms with van der Waals surface area (Å²) in [6, 6.07) is 2.29. The first-order valence-electron chi connectivity index (χ1n) is 11.4. The molecule has 2 fully saturated rings. The van der Waals surface area contributed by atoms with Crippen molar-refractivity contribution < 1.29 is 9.59 Å². The van der Waals surface area contributed by atoms with Gasteiger partial charge in [-0.15, -0.1) is 0 Å². The second-order valence-electron chi connectivity index (χ2n) is 9.06. The van der Waals surface area contributed by atoms with Crippen molar-refractivity contribution in [2.45, 2.75) is 75.9 Å². The minimum Gasteiger partial charge on any atom is -0.342 e. The molecule has 5 nitrogen and oxygen atoms in total. The number of nitrogens with one attached hydrogen (secondary N) is 2. The van der Waals surface area contributed by atoms with Gasteiger partial charge in [0.2, 0.25) is 5.91 Å². The Kier molecular flexibility index (Phi) is 5.46. The summed E-state index contributed by atoms with van der Waals surface area (Å²) in [5.74, 6) is 0.648. The fourth-order valence-corrected chi connectivity index (χ4v) is 6.12. The zero-order valence-electron chi connectivity index (χ0n) is 17.1. The van der Waals surface area contributed by atoms with Crippen molar-refractivity contribution in [1.82, 2.24) is 9.62 Å². The number of benzene rings is 1. The van der Waals surface area contributed by atoms with Crippen LogP contribution in [0.3, 0.4) is 0 Å². The lowest BCUT2D eigenvalue weighted by Crippen LogP contribution is -2.44. The lowest BCUT2D eigenvalue weighted by molar-refractivity contribution is -0.139. The average Bonchev–Trinajstić information content (AvgIpc) is 3.34. The molecule has 2 N–H and O–H groups in total. The largest absolute Gasteiger partial charge is 0.342 e. The maximum atomic E-state index is 12.7. The molecule has 4 aliphatic rings. The monoisotopic (exact) mass is 413 g/mol. The first kappa shape index (κ1) is 19.3. The topological polar surface area (TPSA) is 61.4 Å². The normalized spacial score (nSPS) is 21.4. The summed E-state index contributed by atoms with van der Waals surface area (Å²) < 4.78 is 3.04. The Morgan fingerprint density at radius 2 is 1.55 bits per heavy atom. The van der Waals surface area contributed by atoms with E-state index in [1.807, 2.05) is 4.90 Å². The number of hydrogen-bond acceptors (Lipinski definition) is 3. The molecule has 0 spiro atoms. The van der Waals surface area contributed by atoms with Gasteiger partial charge in [0.25, 0.3) is 0 Å². The molecule has 3 amide bonds. The summed E-state index contributed by atoms with van der Waals surface area (Å²) >= 11 is 1.53. The molecule has 29 heavy (non-hydrogen) atoms. The number of nitrogens with zero attached hydrogens (tertiary/aromatic N) is 1. The Morgan fingerprint density at radius 1 is 0.897 bits per heavy atom. The van der Waals surface area contributed by atoms with E-state index in [0.29, 0.717) is 11.2 Å². The summed E-state index contributed by atoms with van der Waals surface area (Å²) in [6.07, 6.45) is 12.1. The highest BCUT2D eigenvalue weighted by Crippen LogP contribution is 2.38. The van der Waals surface area contributed by atoms with Gasteiger partial charge in [-0.25, -0.2) is 4.79 Å². The van der Waals surface area contributed by atoms with E-state index in [0.717, 1.165) is 70.1 Å². The lowest BCUT2D eigenvalue weighted by atomic mass is 9.84. The number of carbonyl (C=O) groups excluding carboxylic acids is 2. The van der Waals surface area contributed by atoms with Crippen LogP contribution >= 0.6 is 11.9 Å². The summed E-state index contributed by atoms with van der Waals surface area (Å²) in [5.41, 5.74) is 6.72. The number of anilines is 1. The molecular weight excluding hydrogens is 382 g/mol. The van der Waals surface area contributed by atoms with Crippen molar-refractivity contribution in [3.63, 3.8) is 0 Å². The smallest absolute Gasteiger partial charge is 0.329 e. The summed E-state index contributed by atoms with van der Waals surface area (Å²) in [5, 5.41) is 3.59. The molecule has 1 aromatic rings. The first-order chi connectivity index (χ1) is 14.2. The van der Waals surface area contributed by atoms with Crippen molar-refractivity contribution in [3.05, 3.63) is 28.3 Å². The van der Waals surface area contributed by atoms with Crippen LogP contribution in [-0.2, 0) is 30.5 Å². The molecule has 5 rings (SSSR count). The maximum absolute atomic E-state index is 12.7. The van der Waals surface area contributed by atoms with Crippen LogP contribution in [0, 0.1) is 5.92 Å². The average molecular weight is 414 g/mol. The molecule has 6 heteroatoms. The molecule has 1 heterocycles. The van der Waals surface area contributed by atoms with Crippen LogP contribution in [0.25, 0.3) is 0 Å². The van der Waals surface area contributed by atoms with Gasteiger partial charge in [0.15, 0.2) is 0 Å². The molecule has 1 aliphatic heterocycles. The Labute approximate surface area is 177 Å². The van der Waals surface area contributed by atoms with Crippen LogP contribution in [0.1, 0.15) is 67.2 Å². The lowest BCUT2D eigenvalue weighted by Gasteiger charge is -2.36. The van der Waals surface area contributed by atoms with Gasteiger partial charge in [-0.05, 0) is 98.4 Å². The number of aryl methyl sites for hydroxylation is 2. The molecule has 3 aliphatic carbocycles. The van der Waals surface area contributed by atoms with E-state index in [2.05, 4.69) is 16.1 Å². The summed E-state index contributed by atoms with van der Waals surface area (Å²) in [4.78, 5) is 27.1. The zero-order chi connectivity index (χ0) is 19.8.